The number of carbonyl (C=O) groups excluding carboxylic acids is 1. The van der Waals surface area contributed by atoms with E-state index in [-0.39, 0.29) is 0 Å². The van der Waals surface area contributed by atoms with Crippen molar-refractivity contribution in [2.24, 2.45) is 0 Å². The first-order valence-corrected chi connectivity index (χ1v) is 6.71. The number of terminal acetylenes is 1. The molecule has 4 heteroatoms. The molecule has 3 nitrogen and oxygen atoms in total. The third-order valence-electron chi connectivity index (χ3n) is 2.68. The first kappa shape index (κ1) is 16.4. The van der Waals surface area contributed by atoms with Crippen molar-refractivity contribution >= 4 is 23.4 Å². The number of amides is 1. The molecule has 1 aromatic rings. The molecular formula is C16H20ClNO2. The van der Waals surface area contributed by atoms with E-state index in [4.69, 9.17) is 22.8 Å². The third-order valence-corrected chi connectivity index (χ3v) is 3.01. The number of nitrogens with one attached hydrogen (secondary N) is 1. The van der Waals surface area contributed by atoms with Crippen LogP contribution in [0.15, 0.2) is 18.2 Å². The van der Waals surface area contributed by atoms with Crippen LogP contribution in [0, 0.1) is 12.3 Å². The molecule has 0 fully saturated rings. The largest absolute Gasteiger partial charge is 0.444 e. The second kappa shape index (κ2) is 5.76. The molecule has 1 rings (SSSR count). The number of hydrogen-bond acceptors (Lipinski definition) is 2. The second-order valence-corrected chi connectivity index (χ2v) is 6.50. The van der Waals surface area contributed by atoms with E-state index < -0.39 is 17.1 Å². The zero-order chi connectivity index (χ0) is 15.6. The smallest absolute Gasteiger partial charge is 0.412 e. The molecule has 0 aliphatic rings. The molecule has 0 spiro atoms. The molecule has 0 unspecified atom stereocenters. The van der Waals surface area contributed by atoms with Crippen LogP contribution in [0.25, 0.3) is 0 Å². The maximum atomic E-state index is 11.8. The van der Waals surface area contributed by atoms with Gasteiger partial charge in [-0.1, -0.05) is 23.6 Å². The summed E-state index contributed by atoms with van der Waals surface area (Å²) in [7, 11) is 0. The average Bonchev–Trinajstić information content (AvgIpc) is 2.29. The van der Waals surface area contributed by atoms with Crippen molar-refractivity contribution in [1.29, 1.82) is 0 Å². The van der Waals surface area contributed by atoms with Gasteiger partial charge < -0.3 is 4.74 Å². The first-order chi connectivity index (χ1) is 9.05. The number of benzene rings is 1. The molecule has 1 N–H and O–H groups in total. The Morgan fingerprint density at radius 1 is 1.30 bits per heavy atom. The SMILES string of the molecule is C#CC(C)(C)c1ccc(Cl)c(NC(=O)OC(C)(C)C)c1. The maximum Gasteiger partial charge on any atom is 0.412 e. The summed E-state index contributed by atoms with van der Waals surface area (Å²) in [6.07, 6.45) is 4.97. The number of ether oxygens (including phenoxy) is 1. The highest BCUT2D eigenvalue weighted by atomic mass is 35.5. The van der Waals surface area contributed by atoms with Crippen LogP contribution < -0.4 is 5.32 Å². The van der Waals surface area contributed by atoms with Crippen molar-refractivity contribution in [3.63, 3.8) is 0 Å². The van der Waals surface area contributed by atoms with E-state index >= 15 is 0 Å². The Bertz CT molecular complexity index is 551. The topological polar surface area (TPSA) is 38.3 Å². The van der Waals surface area contributed by atoms with Crippen molar-refractivity contribution in [3.05, 3.63) is 28.8 Å². The lowest BCUT2D eigenvalue weighted by Crippen LogP contribution is -2.27. The van der Waals surface area contributed by atoms with Crippen LogP contribution in [0.2, 0.25) is 5.02 Å². The zero-order valence-corrected chi connectivity index (χ0v) is 13.3. The predicted molar refractivity (Wildman–Crippen MR) is 83.2 cm³/mol. The van der Waals surface area contributed by atoms with Gasteiger partial charge in [-0.25, -0.2) is 4.79 Å². The number of hydrogen-bond donors (Lipinski definition) is 1. The van der Waals surface area contributed by atoms with E-state index in [0.717, 1.165) is 5.56 Å². The first-order valence-electron chi connectivity index (χ1n) is 6.33. The minimum atomic E-state index is -0.563. The molecule has 1 amide bonds. The fourth-order valence-electron chi connectivity index (χ4n) is 1.51. The van der Waals surface area contributed by atoms with E-state index in [1.54, 1.807) is 32.9 Å². The number of halogens is 1. The normalized spacial score (nSPS) is 11.7. The van der Waals surface area contributed by atoms with Crippen LogP contribution in [0.3, 0.4) is 0 Å². The van der Waals surface area contributed by atoms with Gasteiger partial charge in [0.05, 0.1) is 16.1 Å². The Kier molecular flexibility index (Phi) is 4.73. The molecule has 20 heavy (non-hydrogen) atoms. The lowest BCUT2D eigenvalue weighted by Gasteiger charge is -2.22. The number of rotatable bonds is 2. The van der Waals surface area contributed by atoms with E-state index in [2.05, 4.69) is 11.2 Å². The zero-order valence-electron chi connectivity index (χ0n) is 12.5. The molecule has 0 aliphatic carbocycles. The van der Waals surface area contributed by atoms with Gasteiger partial charge in [0.1, 0.15) is 5.60 Å². The summed E-state index contributed by atoms with van der Waals surface area (Å²) in [4.78, 5) is 11.8. The Hall–Kier alpha value is -1.66. The van der Waals surface area contributed by atoms with Gasteiger partial charge in [-0.2, -0.15) is 0 Å². The van der Waals surface area contributed by atoms with Gasteiger partial charge in [-0.05, 0) is 52.3 Å². The Morgan fingerprint density at radius 3 is 2.40 bits per heavy atom. The number of carbonyl (C=O) groups is 1. The highest BCUT2D eigenvalue weighted by molar-refractivity contribution is 6.33. The van der Waals surface area contributed by atoms with Gasteiger partial charge >= 0.3 is 6.09 Å². The standard InChI is InChI=1S/C16H20ClNO2/c1-7-16(5,6)11-8-9-12(17)13(10-11)18-14(19)20-15(2,3)4/h1,8-10H,2-6H3,(H,18,19). The Labute approximate surface area is 125 Å². The van der Waals surface area contributed by atoms with Crippen molar-refractivity contribution in [2.45, 2.75) is 45.6 Å². The van der Waals surface area contributed by atoms with Crippen molar-refractivity contribution in [3.8, 4) is 12.3 Å². The van der Waals surface area contributed by atoms with Crippen LogP contribution in [0.1, 0.15) is 40.2 Å². The second-order valence-electron chi connectivity index (χ2n) is 6.09. The molecule has 0 atom stereocenters. The summed E-state index contributed by atoms with van der Waals surface area (Å²) in [5.74, 6) is 2.71. The molecule has 0 bridgehead atoms. The summed E-state index contributed by atoms with van der Waals surface area (Å²) >= 11 is 6.08. The average molecular weight is 294 g/mol. The summed E-state index contributed by atoms with van der Waals surface area (Å²) in [6, 6.07) is 5.33. The van der Waals surface area contributed by atoms with E-state index in [1.807, 2.05) is 19.9 Å². The highest BCUT2D eigenvalue weighted by Crippen LogP contribution is 2.30. The fraction of sp³-hybridized carbons (Fsp3) is 0.438. The Morgan fingerprint density at radius 2 is 1.90 bits per heavy atom. The van der Waals surface area contributed by atoms with Gasteiger partial charge in [0, 0.05) is 0 Å². The third kappa shape index (κ3) is 4.47. The van der Waals surface area contributed by atoms with Crippen LogP contribution >= 0.6 is 11.6 Å². The van der Waals surface area contributed by atoms with Crippen molar-refractivity contribution < 1.29 is 9.53 Å². The van der Waals surface area contributed by atoms with Crippen LogP contribution in [0.4, 0.5) is 10.5 Å². The van der Waals surface area contributed by atoms with Gasteiger partial charge in [-0.3, -0.25) is 5.32 Å². The van der Waals surface area contributed by atoms with Gasteiger partial charge in [0.2, 0.25) is 0 Å². The number of anilines is 1. The predicted octanol–water partition coefficient (Wildman–Crippen LogP) is 4.60. The molecule has 0 heterocycles. The molecule has 1 aromatic carbocycles. The molecule has 0 aromatic heterocycles. The lowest BCUT2D eigenvalue weighted by molar-refractivity contribution is 0.0636. The van der Waals surface area contributed by atoms with Crippen LogP contribution in [-0.2, 0) is 10.2 Å². The van der Waals surface area contributed by atoms with Gasteiger partial charge in [-0.15, -0.1) is 6.42 Å². The lowest BCUT2D eigenvalue weighted by atomic mass is 9.85. The maximum absolute atomic E-state index is 11.8. The minimum Gasteiger partial charge on any atom is -0.444 e. The minimum absolute atomic E-state index is 0.436. The van der Waals surface area contributed by atoms with E-state index in [0.29, 0.717) is 10.7 Å². The molecule has 0 radical (unpaired) electrons. The quantitative estimate of drug-likeness (QED) is 0.809. The van der Waals surface area contributed by atoms with E-state index in [1.165, 1.54) is 0 Å². The summed E-state index contributed by atoms with van der Waals surface area (Å²) in [6.45, 7) is 9.24. The molecule has 0 saturated carbocycles. The summed E-state index contributed by atoms with van der Waals surface area (Å²) < 4.78 is 5.20. The Balaban J connectivity index is 2.99. The van der Waals surface area contributed by atoms with Gasteiger partial charge in [0.15, 0.2) is 0 Å². The summed E-state index contributed by atoms with van der Waals surface area (Å²) in [5.41, 5.74) is 0.387. The fourth-order valence-corrected chi connectivity index (χ4v) is 1.67. The van der Waals surface area contributed by atoms with Crippen molar-refractivity contribution in [1.82, 2.24) is 0 Å². The molecular weight excluding hydrogens is 274 g/mol. The van der Waals surface area contributed by atoms with Gasteiger partial charge in [0.25, 0.3) is 0 Å². The molecule has 108 valence electrons. The van der Waals surface area contributed by atoms with Crippen LogP contribution in [0.5, 0.6) is 0 Å². The molecule has 0 aliphatic heterocycles. The summed E-state index contributed by atoms with van der Waals surface area (Å²) in [5, 5.41) is 3.08. The highest BCUT2D eigenvalue weighted by Gasteiger charge is 2.20. The van der Waals surface area contributed by atoms with E-state index in [9.17, 15) is 4.79 Å². The molecule has 0 saturated heterocycles. The van der Waals surface area contributed by atoms with Crippen LogP contribution in [-0.4, -0.2) is 11.7 Å². The monoisotopic (exact) mass is 293 g/mol. The van der Waals surface area contributed by atoms with Crippen molar-refractivity contribution in [2.75, 3.05) is 5.32 Å².